The Labute approximate surface area is 387 Å². The summed E-state index contributed by atoms with van der Waals surface area (Å²) in [5, 5.41) is 3.57. The summed E-state index contributed by atoms with van der Waals surface area (Å²) in [6.07, 6.45) is 47.0. The van der Waals surface area contributed by atoms with E-state index in [0.29, 0.717) is 13.0 Å². The summed E-state index contributed by atoms with van der Waals surface area (Å²) in [6.45, 7) is 15.6. The van der Waals surface area contributed by atoms with Crippen LogP contribution in [-0.4, -0.2) is 32.7 Å². The molecule has 0 amide bonds. The van der Waals surface area contributed by atoms with E-state index in [1.807, 2.05) is 25.1 Å². The fourth-order valence-electron chi connectivity index (χ4n) is 9.02. The molecule has 0 aliphatic heterocycles. The Hall–Kier alpha value is -7.84. The molecule has 6 aromatic rings. The van der Waals surface area contributed by atoms with E-state index in [9.17, 15) is 0 Å². The molecule has 3 atom stereocenters. The molecule has 0 saturated heterocycles. The second-order valence-electron chi connectivity index (χ2n) is 16.3. The van der Waals surface area contributed by atoms with Gasteiger partial charge in [0.25, 0.3) is 0 Å². The lowest BCUT2D eigenvalue weighted by atomic mass is 9.95. The lowest BCUT2D eigenvalue weighted by Crippen LogP contribution is -2.34. The number of para-hydroxylation sites is 3. The van der Waals surface area contributed by atoms with Gasteiger partial charge in [-0.1, -0.05) is 128 Å². The zero-order valence-corrected chi connectivity index (χ0v) is 38.3. The fourth-order valence-corrected chi connectivity index (χ4v) is 9.02. The molecule has 1 aliphatic carbocycles. The molecule has 4 nitrogen and oxygen atoms in total. The first-order chi connectivity index (χ1) is 31.8. The molecule has 0 bridgehead atoms. The fraction of sp³-hybridized carbons (Fsp3) is 0.180. The average molecular weight is 847 g/mol. The minimum Gasteiger partial charge on any atom is -0.362 e. The van der Waals surface area contributed by atoms with Gasteiger partial charge in [0.15, 0.2) is 0 Å². The van der Waals surface area contributed by atoms with Crippen molar-refractivity contribution in [2.75, 3.05) is 11.4 Å². The van der Waals surface area contributed by atoms with Crippen LogP contribution in [0.1, 0.15) is 58.7 Å². The number of aromatic nitrogens is 2. The summed E-state index contributed by atoms with van der Waals surface area (Å²) in [4.78, 5) is 4.79. The molecule has 4 aromatic carbocycles. The maximum absolute atomic E-state index is 6.37. The van der Waals surface area contributed by atoms with Crippen LogP contribution >= 0.6 is 0 Å². The van der Waals surface area contributed by atoms with Crippen molar-refractivity contribution in [1.29, 1.82) is 0 Å². The first kappa shape index (κ1) is 45.2. The van der Waals surface area contributed by atoms with Crippen LogP contribution in [0.2, 0.25) is 0 Å². The molecule has 65 heavy (non-hydrogen) atoms. The van der Waals surface area contributed by atoms with Crippen LogP contribution in [0, 0.1) is 42.9 Å². The van der Waals surface area contributed by atoms with Crippen LogP contribution in [0.4, 0.5) is 5.69 Å². The highest BCUT2D eigenvalue weighted by molar-refractivity contribution is 6.09. The standard InChI is InChI=1S/C61H58N4/c1-10-15-16-26-44-62(57-32-19-17-18-28-53(57)45(6)12-3)46(7)36-37-47(8)63(48(9)38-39-49(13-4)64-58(27-11-2)52(14-5)54-29-20-23-33-59(54)64)50-40-42-51(43-41-50)65-60-34-24-21-30-55(60)56-31-22-25-35-61(56)65/h1,3-4,11,14,16-27,29-43,45-47H,5,15,28,44H2,2,6-9H3/b26-16-,27-11-,37-36-,48-38+,49-39+. The zero-order chi connectivity index (χ0) is 45.9. The van der Waals surface area contributed by atoms with Crippen molar-refractivity contribution in [1.82, 2.24) is 14.0 Å². The molecule has 3 unspecified atom stereocenters. The Morgan fingerprint density at radius 3 is 2.06 bits per heavy atom. The summed E-state index contributed by atoms with van der Waals surface area (Å²) in [7, 11) is 0. The topological polar surface area (TPSA) is 16.3 Å². The Balaban J connectivity index is 1.32. The predicted octanol–water partition coefficient (Wildman–Crippen LogP) is 14.6. The van der Waals surface area contributed by atoms with Gasteiger partial charge in [0.05, 0.1) is 27.9 Å². The molecular weight excluding hydrogens is 789 g/mol. The van der Waals surface area contributed by atoms with Crippen LogP contribution in [0.15, 0.2) is 187 Å². The third kappa shape index (κ3) is 9.43. The van der Waals surface area contributed by atoms with Crippen molar-refractivity contribution in [3.63, 3.8) is 0 Å². The van der Waals surface area contributed by atoms with Crippen LogP contribution in [0.5, 0.6) is 0 Å². The largest absolute Gasteiger partial charge is 0.362 e. The number of rotatable bonds is 16. The average Bonchev–Trinajstić information content (AvgIpc) is 3.71. The molecule has 0 spiro atoms. The Morgan fingerprint density at radius 1 is 0.785 bits per heavy atom. The van der Waals surface area contributed by atoms with E-state index in [4.69, 9.17) is 19.3 Å². The minimum atomic E-state index is -0.0582. The molecule has 322 valence electrons. The van der Waals surface area contributed by atoms with Gasteiger partial charge in [0.2, 0.25) is 0 Å². The quantitative estimate of drug-likeness (QED) is 0.0548. The maximum Gasteiger partial charge on any atom is 0.0968 e. The molecule has 7 rings (SSSR count). The highest BCUT2D eigenvalue weighted by atomic mass is 15.2. The smallest absolute Gasteiger partial charge is 0.0968 e. The van der Waals surface area contributed by atoms with Gasteiger partial charge in [0, 0.05) is 75.5 Å². The third-order valence-electron chi connectivity index (χ3n) is 12.2. The van der Waals surface area contributed by atoms with Crippen molar-refractivity contribution in [3.8, 4) is 42.7 Å². The lowest BCUT2D eigenvalue weighted by molar-refractivity contribution is 0.342. The number of benzene rings is 4. The van der Waals surface area contributed by atoms with E-state index in [1.54, 1.807) is 0 Å². The van der Waals surface area contributed by atoms with Gasteiger partial charge in [-0.15, -0.1) is 25.2 Å². The highest BCUT2D eigenvalue weighted by Gasteiger charge is 2.22. The normalized spacial score (nSPS) is 14.9. The Kier molecular flexibility index (Phi) is 14.6. The first-order valence-electron chi connectivity index (χ1n) is 22.4. The molecule has 4 heteroatoms. The number of anilines is 1. The van der Waals surface area contributed by atoms with E-state index in [2.05, 4.69) is 229 Å². The summed E-state index contributed by atoms with van der Waals surface area (Å²) < 4.78 is 4.50. The highest BCUT2D eigenvalue weighted by Crippen LogP contribution is 2.35. The van der Waals surface area contributed by atoms with E-state index in [0.717, 1.165) is 57.0 Å². The van der Waals surface area contributed by atoms with E-state index < -0.39 is 0 Å². The number of terminal acetylenes is 3. The van der Waals surface area contributed by atoms with Gasteiger partial charge in [0.1, 0.15) is 0 Å². The number of fused-ring (bicyclic) bond motifs is 4. The van der Waals surface area contributed by atoms with Gasteiger partial charge >= 0.3 is 0 Å². The maximum atomic E-state index is 6.37. The summed E-state index contributed by atoms with van der Waals surface area (Å²) in [5.41, 5.74) is 11.7. The molecule has 0 saturated carbocycles. The Bertz CT molecular complexity index is 3030. The SMILES string of the molecule is C#CC/C=C\CN(C1=C(C(C)C#C)CC=CC=C1)C(C)/C=C\C(C)N(/C(C)=C/C=C(\C#C)n1c(/C=C\C)c(C=C)c2ccccc21)c1ccc(-n2c3ccccc3c3ccccc32)cc1. The molecule has 0 N–H and O–H groups in total. The molecule has 0 radical (unpaired) electrons. The first-order valence-corrected chi connectivity index (χ1v) is 22.4. The second-order valence-corrected chi connectivity index (χ2v) is 16.3. The van der Waals surface area contributed by atoms with Gasteiger partial charge in [-0.2, -0.15) is 0 Å². The predicted molar refractivity (Wildman–Crippen MR) is 282 cm³/mol. The summed E-state index contributed by atoms with van der Waals surface area (Å²) in [6, 6.07) is 34.4. The monoisotopic (exact) mass is 846 g/mol. The number of nitrogens with zero attached hydrogens (tertiary/aromatic N) is 4. The van der Waals surface area contributed by atoms with Gasteiger partial charge in [-0.25, -0.2) is 0 Å². The molecule has 2 aromatic heterocycles. The van der Waals surface area contributed by atoms with Crippen LogP contribution < -0.4 is 4.90 Å². The van der Waals surface area contributed by atoms with Gasteiger partial charge in [-0.3, -0.25) is 0 Å². The van der Waals surface area contributed by atoms with Crippen LogP contribution in [-0.2, 0) is 0 Å². The van der Waals surface area contributed by atoms with Gasteiger partial charge in [-0.05, 0) is 113 Å². The van der Waals surface area contributed by atoms with Crippen molar-refractivity contribution in [3.05, 3.63) is 199 Å². The number of hydrogen-bond acceptors (Lipinski definition) is 2. The molecular formula is C61H58N4. The zero-order valence-electron chi connectivity index (χ0n) is 38.3. The minimum absolute atomic E-state index is 0.0126. The van der Waals surface area contributed by atoms with Crippen molar-refractivity contribution < 1.29 is 0 Å². The molecule has 0 fully saturated rings. The number of allylic oxidation sites excluding steroid dienone is 11. The molecule has 2 heterocycles. The molecule has 1 aliphatic rings. The van der Waals surface area contributed by atoms with E-state index >= 15 is 0 Å². The number of hydrogen-bond donors (Lipinski definition) is 0. The van der Waals surface area contributed by atoms with Crippen LogP contribution in [0.25, 0.3) is 56.2 Å². The van der Waals surface area contributed by atoms with Crippen molar-refractivity contribution in [2.45, 2.75) is 59.5 Å². The van der Waals surface area contributed by atoms with E-state index in [1.165, 1.54) is 27.4 Å². The third-order valence-corrected chi connectivity index (χ3v) is 12.2. The van der Waals surface area contributed by atoms with Crippen LogP contribution in [0.3, 0.4) is 0 Å². The van der Waals surface area contributed by atoms with Crippen molar-refractivity contribution in [2.24, 2.45) is 5.92 Å². The summed E-state index contributed by atoms with van der Waals surface area (Å²) >= 11 is 0. The van der Waals surface area contributed by atoms with Gasteiger partial charge < -0.3 is 18.9 Å². The second kappa shape index (κ2) is 21.0. The van der Waals surface area contributed by atoms with Crippen molar-refractivity contribution >= 4 is 56.2 Å². The van der Waals surface area contributed by atoms with E-state index in [-0.39, 0.29) is 18.0 Å². The lowest BCUT2D eigenvalue weighted by Gasteiger charge is -2.34. The Morgan fingerprint density at radius 2 is 1.43 bits per heavy atom. The summed E-state index contributed by atoms with van der Waals surface area (Å²) in [5.74, 6) is 8.73.